The van der Waals surface area contributed by atoms with Gasteiger partial charge >= 0.3 is 0 Å². The number of carbonyl (C=O) groups is 2. The molecule has 122 valence electrons. The van der Waals surface area contributed by atoms with Crippen LogP contribution in [0, 0.1) is 23.7 Å². The Bertz CT molecular complexity index is 433. The number of carbonyl (C=O) groups excluding carboxylic acids is 2. The summed E-state index contributed by atoms with van der Waals surface area (Å²) < 4.78 is 0. The Labute approximate surface area is 132 Å². The number of hydrogen-bond acceptors (Lipinski definition) is 4. The predicted octanol–water partition coefficient (Wildman–Crippen LogP) is 0.703. The van der Waals surface area contributed by atoms with Crippen molar-refractivity contribution in [3.05, 3.63) is 0 Å². The molecule has 2 aliphatic carbocycles. The number of nitrogens with one attached hydrogen (secondary N) is 1. The maximum Gasteiger partial charge on any atom is 0.233 e. The maximum atomic E-state index is 12.6. The van der Waals surface area contributed by atoms with E-state index in [2.05, 4.69) is 10.2 Å². The maximum absolute atomic E-state index is 12.6. The number of imide groups is 1. The summed E-state index contributed by atoms with van der Waals surface area (Å²) in [5.74, 6) is 1.45. The number of fused-ring (bicyclic) bond motifs is 5. The van der Waals surface area contributed by atoms with Crippen molar-refractivity contribution in [1.29, 1.82) is 0 Å². The standard InChI is InChI=1S/C17H27N3O2/c21-16-14-12-3-4-13(11-12)15(14)17(22)20(16)8-2-1-7-19-9-5-18-6-10-19/h12-15,18H,1-11H2/t12?,13?,14-,15+. The molecule has 4 rings (SSSR count). The third-order valence-electron chi connectivity index (χ3n) is 6.33. The number of hydrogen-bond donors (Lipinski definition) is 1. The number of piperazine rings is 1. The molecule has 0 spiro atoms. The third-order valence-corrected chi connectivity index (χ3v) is 6.33. The van der Waals surface area contributed by atoms with Gasteiger partial charge in [0.25, 0.3) is 0 Å². The highest BCUT2D eigenvalue weighted by atomic mass is 16.2. The Morgan fingerprint density at radius 2 is 1.50 bits per heavy atom. The van der Waals surface area contributed by atoms with Crippen molar-refractivity contribution in [3.63, 3.8) is 0 Å². The predicted molar refractivity (Wildman–Crippen MR) is 83.1 cm³/mol. The molecule has 2 heterocycles. The van der Waals surface area contributed by atoms with Gasteiger partial charge in [-0.3, -0.25) is 14.5 Å². The van der Waals surface area contributed by atoms with Gasteiger partial charge in [0.05, 0.1) is 11.8 Å². The second-order valence-corrected chi connectivity index (χ2v) is 7.51. The molecular formula is C17H27N3O2. The summed E-state index contributed by atoms with van der Waals surface area (Å²) in [7, 11) is 0. The van der Waals surface area contributed by atoms with Crippen LogP contribution in [0.25, 0.3) is 0 Å². The molecular weight excluding hydrogens is 278 g/mol. The van der Waals surface area contributed by atoms with Crippen molar-refractivity contribution in [2.45, 2.75) is 32.1 Å². The van der Waals surface area contributed by atoms with Crippen LogP contribution in [-0.4, -0.2) is 60.9 Å². The van der Waals surface area contributed by atoms with E-state index in [-0.39, 0.29) is 23.7 Å². The lowest BCUT2D eigenvalue weighted by molar-refractivity contribution is -0.140. The highest BCUT2D eigenvalue weighted by Gasteiger charge is 2.60. The summed E-state index contributed by atoms with van der Waals surface area (Å²) in [5.41, 5.74) is 0. The quantitative estimate of drug-likeness (QED) is 0.600. The number of nitrogens with zero attached hydrogens (tertiary/aromatic N) is 2. The summed E-state index contributed by atoms with van der Waals surface area (Å²) in [6.45, 7) is 6.14. The summed E-state index contributed by atoms with van der Waals surface area (Å²) in [5, 5.41) is 3.36. The smallest absolute Gasteiger partial charge is 0.233 e. The van der Waals surface area contributed by atoms with E-state index in [1.54, 1.807) is 4.90 Å². The first-order valence-corrected chi connectivity index (χ1v) is 9.04. The van der Waals surface area contributed by atoms with Crippen molar-refractivity contribution in [2.75, 3.05) is 39.3 Å². The fourth-order valence-electron chi connectivity index (χ4n) is 5.23. The van der Waals surface area contributed by atoms with Crippen LogP contribution in [0.5, 0.6) is 0 Å². The van der Waals surface area contributed by atoms with E-state index in [4.69, 9.17) is 0 Å². The second-order valence-electron chi connectivity index (χ2n) is 7.51. The normalized spacial score (nSPS) is 38.1. The zero-order chi connectivity index (χ0) is 15.1. The molecule has 4 aliphatic rings. The van der Waals surface area contributed by atoms with E-state index in [0.29, 0.717) is 18.4 Å². The lowest BCUT2D eigenvalue weighted by Crippen LogP contribution is -2.43. The Hall–Kier alpha value is -0.940. The van der Waals surface area contributed by atoms with Crippen LogP contribution in [0.2, 0.25) is 0 Å². The van der Waals surface area contributed by atoms with E-state index >= 15 is 0 Å². The van der Waals surface area contributed by atoms with Crippen LogP contribution in [0.4, 0.5) is 0 Å². The minimum atomic E-state index is 0.0550. The first-order valence-electron chi connectivity index (χ1n) is 9.04. The Morgan fingerprint density at radius 3 is 2.14 bits per heavy atom. The van der Waals surface area contributed by atoms with Gasteiger partial charge in [-0.1, -0.05) is 0 Å². The van der Waals surface area contributed by atoms with Crippen LogP contribution in [0.3, 0.4) is 0 Å². The number of amides is 2. The fraction of sp³-hybridized carbons (Fsp3) is 0.882. The van der Waals surface area contributed by atoms with Crippen LogP contribution in [0.1, 0.15) is 32.1 Å². The van der Waals surface area contributed by atoms with Crippen molar-refractivity contribution >= 4 is 11.8 Å². The first kappa shape index (κ1) is 14.6. The molecule has 0 aromatic heterocycles. The van der Waals surface area contributed by atoms with Crippen LogP contribution in [-0.2, 0) is 9.59 Å². The summed E-state index contributed by atoms with van der Waals surface area (Å²) in [6, 6.07) is 0. The van der Waals surface area contributed by atoms with Gasteiger partial charge in [-0.2, -0.15) is 0 Å². The molecule has 4 atom stereocenters. The SMILES string of the molecule is O=C1[C@@H]2C3CCC(C3)[C@@H]2C(=O)N1CCCCN1CCNCC1. The monoisotopic (exact) mass is 305 g/mol. The lowest BCUT2D eigenvalue weighted by Gasteiger charge is -2.27. The van der Waals surface area contributed by atoms with Crippen LogP contribution >= 0.6 is 0 Å². The molecule has 0 radical (unpaired) electrons. The zero-order valence-corrected chi connectivity index (χ0v) is 13.3. The molecule has 2 saturated heterocycles. The number of likely N-dealkylation sites (tertiary alicyclic amines) is 1. The van der Waals surface area contributed by atoms with E-state index in [1.807, 2.05) is 0 Å². The van der Waals surface area contributed by atoms with Gasteiger partial charge < -0.3 is 10.2 Å². The molecule has 0 aromatic rings. The van der Waals surface area contributed by atoms with Gasteiger partial charge in [0.15, 0.2) is 0 Å². The van der Waals surface area contributed by atoms with Crippen molar-refractivity contribution in [3.8, 4) is 0 Å². The molecule has 5 heteroatoms. The Balaban J connectivity index is 1.27. The fourth-order valence-corrected chi connectivity index (χ4v) is 5.23. The van der Waals surface area contributed by atoms with Gasteiger partial charge in [0.1, 0.15) is 0 Å². The average molecular weight is 305 g/mol. The zero-order valence-electron chi connectivity index (χ0n) is 13.3. The minimum absolute atomic E-state index is 0.0550. The van der Waals surface area contributed by atoms with Crippen molar-refractivity contribution in [2.24, 2.45) is 23.7 Å². The van der Waals surface area contributed by atoms with E-state index in [1.165, 1.54) is 12.8 Å². The van der Waals surface area contributed by atoms with Crippen LogP contribution < -0.4 is 5.32 Å². The largest absolute Gasteiger partial charge is 0.314 e. The van der Waals surface area contributed by atoms with Crippen molar-refractivity contribution < 1.29 is 9.59 Å². The highest BCUT2D eigenvalue weighted by Crippen LogP contribution is 2.56. The average Bonchev–Trinajstić information content (AvgIpc) is 3.21. The molecule has 0 aromatic carbocycles. The highest BCUT2D eigenvalue weighted by molar-refractivity contribution is 6.06. The molecule has 1 N–H and O–H groups in total. The molecule has 2 unspecified atom stereocenters. The van der Waals surface area contributed by atoms with E-state index in [9.17, 15) is 9.59 Å². The number of unbranched alkanes of at least 4 members (excludes halogenated alkanes) is 1. The summed E-state index contributed by atoms with van der Waals surface area (Å²) in [6.07, 6.45) is 5.50. The molecule has 2 bridgehead atoms. The topological polar surface area (TPSA) is 52.7 Å². The Morgan fingerprint density at radius 1 is 0.909 bits per heavy atom. The van der Waals surface area contributed by atoms with Crippen molar-refractivity contribution in [1.82, 2.24) is 15.1 Å². The van der Waals surface area contributed by atoms with Gasteiger partial charge in [0.2, 0.25) is 11.8 Å². The second kappa shape index (κ2) is 5.93. The molecule has 2 aliphatic heterocycles. The van der Waals surface area contributed by atoms with E-state index < -0.39 is 0 Å². The molecule has 4 fully saturated rings. The van der Waals surface area contributed by atoms with Gasteiger partial charge in [-0.15, -0.1) is 0 Å². The third kappa shape index (κ3) is 2.38. The van der Waals surface area contributed by atoms with Crippen LogP contribution in [0.15, 0.2) is 0 Å². The minimum Gasteiger partial charge on any atom is -0.314 e. The molecule has 2 saturated carbocycles. The lowest BCUT2D eigenvalue weighted by atomic mass is 9.81. The summed E-state index contributed by atoms with van der Waals surface area (Å²) >= 11 is 0. The summed E-state index contributed by atoms with van der Waals surface area (Å²) in [4.78, 5) is 29.2. The van der Waals surface area contributed by atoms with E-state index in [0.717, 1.165) is 52.0 Å². The van der Waals surface area contributed by atoms with Gasteiger partial charge in [-0.25, -0.2) is 0 Å². The molecule has 5 nitrogen and oxygen atoms in total. The molecule has 2 amide bonds. The first-order chi connectivity index (χ1) is 10.8. The Kier molecular flexibility index (Phi) is 3.95. The van der Waals surface area contributed by atoms with Gasteiger partial charge in [0, 0.05) is 32.7 Å². The number of rotatable bonds is 5. The van der Waals surface area contributed by atoms with Gasteiger partial charge in [-0.05, 0) is 50.5 Å². The molecule has 22 heavy (non-hydrogen) atoms.